The molecular weight excluding hydrogens is 454 g/mol. The van der Waals surface area contributed by atoms with E-state index in [0.29, 0.717) is 29.6 Å². The highest BCUT2D eigenvalue weighted by molar-refractivity contribution is 6.30. The number of carboxylic acids is 1. The van der Waals surface area contributed by atoms with Gasteiger partial charge in [0, 0.05) is 16.5 Å². The summed E-state index contributed by atoms with van der Waals surface area (Å²) in [5.41, 5.74) is 1.45. The van der Waals surface area contributed by atoms with E-state index in [9.17, 15) is 14.7 Å². The SMILES string of the molecule is CC(C)(C)[C@@H](NC(=O)[C@H](CCCc1ccc(Cl)cc1)CC(=O)O)c1noc(-c2ccccc2)n1. The lowest BCUT2D eigenvalue weighted by molar-refractivity contribution is -0.141. The fourth-order valence-electron chi connectivity index (χ4n) is 3.72. The van der Waals surface area contributed by atoms with E-state index in [4.69, 9.17) is 16.1 Å². The van der Waals surface area contributed by atoms with Crippen LogP contribution in [0.25, 0.3) is 11.5 Å². The predicted molar refractivity (Wildman–Crippen MR) is 130 cm³/mol. The summed E-state index contributed by atoms with van der Waals surface area (Å²) in [6, 6.07) is 16.3. The second-order valence-electron chi connectivity index (χ2n) is 9.44. The molecule has 2 atom stereocenters. The zero-order valence-electron chi connectivity index (χ0n) is 19.6. The minimum Gasteiger partial charge on any atom is -0.481 e. The van der Waals surface area contributed by atoms with Crippen molar-refractivity contribution in [2.75, 3.05) is 0 Å². The van der Waals surface area contributed by atoms with Crippen LogP contribution in [0.1, 0.15) is 57.5 Å². The standard InChI is InChI=1S/C26H30ClN3O4/c1-26(2,3)22(23-29-25(34-30-23)18-9-5-4-6-10-18)28-24(33)19(16-21(31)32)11-7-8-17-12-14-20(27)15-13-17/h4-6,9-10,12-15,19,22H,7-8,11,16H2,1-3H3,(H,28,33)(H,31,32)/t19-,22+/m1/s1. The Hall–Kier alpha value is -3.19. The van der Waals surface area contributed by atoms with Gasteiger partial charge in [0.1, 0.15) is 0 Å². The zero-order chi connectivity index (χ0) is 24.7. The normalized spacial score (nSPS) is 13.3. The van der Waals surface area contributed by atoms with Crippen molar-refractivity contribution >= 4 is 23.5 Å². The van der Waals surface area contributed by atoms with Crippen LogP contribution in [0.4, 0.5) is 0 Å². The number of amides is 1. The van der Waals surface area contributed by atoms with Crippen LogP contribution < -0.4 is 5.32 Å². The van der Waals surface area contributed by atoms with Crippen LogP contribution in [-0.4, -0.2) is 27.1 Å². The highest BCUT2D eigenvalue weighted by Gasteiger charge is 2.34. The summed E-state index contributed by atoms with van der Waals surface area (Å²) in [5.74, 6) is -1.29. The number of benzene rings is 2. The number of nitrogens with one attached hydrogen (secondary N) is 1. The van der Waals surface area contributed by atoms with Gasteiger partial charge >= 0.3 is 5.97 Å². The molecule has 7 nitrogen and oxygen atoms in total. The lowest BCUT2D eigenvalue weighted by Crippen LogP contribution is -2.41. The minimum atomic E-state index is -1.01. The third-order valence-corrected chi connectivity index (χ3v) is 5.85. The first-order chi connectivity index (χ1) is 16.1. The number of carbonyl (C=O) groups is 2. The number of hydrogen-bond donors (Lipinski definition) is 2. The first-order valence-electron chi connectivity index (χ1n) is 11.3. The van der Waals surface area contributed by atoms with Crippen LogP contribution in [0.5, 0.6) is 0 Å². The van der Waals surface area contributed by atoms with Crippen LogP contribution in [0, 0.1) is 11.3 Å². The van der Waals surface area contributed by atoms with E-state index >= 15 is 0 Å². The summed E-state index contributed by atoms with van der Waals surface area (Å²) >= 11 is 5.93. The number of aryl methyl sites for hydroxylation is 1. The maximum atomic E-state index is 13.2. The van der Waals surface area contributed by atoms with Crippen molar-refractivity contribution in [1.29, 1.82) is 0 Å². The van der Waals surface area contributed by atoms with Gasteiger partial charge in [-0.3, -0.25) is 9.59 Å². The van der Waals surface area contributed by atoms with E-state index in [1.165, 1.54) is 0 Å². The Balaban J connectivity index is 1.71. The molecule has 0 radical (unpaired) electrons. The van der Waals surface area contributed by atoms with Crippen molar-refractivity contribution in [2.45, 2.75) is 52.5 Å². The maximum absolute atomic E-state index is 13.2. The number of halogens is 1. The maximum Gasteiger partial charge on any atom is 0.304 e. The summed E-state index contributed by atoms with van der Waals surface area (Å²) in [6.07, 6.45) is 1.60. The Bertz CT molecular complexity index is 1090. The molecule has 0 saturated heterocycles. The van der Waals surface area contributed by atoms with Gasteiger partial charge in [-0.15, -0.1) is 0 Å². The number of aromatic nitrogens is 2. The summed E-state index contributed by atoms with van der Waals surface area (Å²) < 4.78 is 5.44. The van der Waals surface area contributed by atoms with Crippen LogP contribution >= 0.6 is 11.6 Å². The molecule has 180 valence electrons. The summed E-state index contributed by atoms with van der Waals surface area (Å²) in [4.78, 5) is 29.2. The van der Waals surface area contributed by atoms with Crippen LogP contribution in [0.3, 0.4) is 0 Å². The molecule has 2 N–H and O–H groups in total. The average molecular weight is 484 g/mol. The Morgan fingerprint density at radius 2 is 1.76 bits per heavy atom. The largest absolute Gasteiger partial charge is 0.481 e. The molecule has 3 aromatic rings. The highest BCUT2D eigenvalue weighted by Crippen LogP contribution is 2.33. The summed E-state index contributed by atoms with van der Waals surface area (Å²) in [6.45, 7) is 5.88. The summed E-state index contributed by atoms with van der Waals surface area (Å²) in [5, 5.41) is 17.2. The van der Waals surface area contributed by atoms with E-state index in [-0.39, 0.29) is 12.3 Å². The molecule has 0 spiro atoms. The number of hydrogen-bond acceptors (Lipinski definition) is 5. The molecule has 8 heteroatoms. The van der Waals surface area contributed by atoms with Gasteiger partial charge in [-0.2, -0.15) is 4.98 Å². The summed E-state index contributed by atoms with van der Waals surface area (Å²) in [7, 11) is 0. The molecule has 0 saturated carbocycles. The van der Waals surface area contributed by atoms with Crippen molar-refractivity contribution < 1.29 is 19.2 Å². The first kappa shape index (κ1) is 25.4. The Morgan fingerprint density at radius 3 is 2.38 bits per heavy atom. The monoisotopic (exact) mass is 483 g/mol. The molecule has 0 aliphatic rings. The lowest BCUT2D eigenvalue weighted by Gasteiger charge is -2.30. The number of aliphatic carboxylic acids is 1. The van der Waals surface area contributed by atoms with Crippen molar-refractivity contribution in [3.05, 3.63) is 71.0 Å². The molecule has 1 amide bonds. The molecule has 0 fully saturated rings. The van der Waals surface area contributed by atoms with E-state index < -0.39 is 23.3 Å². The molecule has 34 heavy (non-hydrogen) atoms. The lowest BCUT2D eigenvalue weighted by atomic mass is 9.85. The molecule has 2 aromatic carbocycles. The number of rotatable bonds is 10. The number of nitrogens with zero attached hydrogens (tertiary/aromatic N) is 2. The van der Waals surface area contributed by atoms with Crippen LogP contribution in [-0.2, 0) is 16.0 Å². The second-order valence-corrected chi connectivity index (χ2v) is 9.88. The second kappa shape index (κ2) is 11.3. The topological polar surface area (TPSA) is 105 Å². The van der Waals surface area contributed by atoms with Gasteiger partial charge < -0.3 is 14.9 Å². The molecule has 1 heterocycles. The van der Waals surface area contributed by atoms with Gasteiger partial charge in [0.05, 0.1) is 12.5 Å². The minimum absolute atomic E-state index is 0.245. The Kier molecular flexibility index (Phi) is 8.45. The third-order valence-electron chi connectivity index (χ3n) is 5.60. The molecule has 0 unspecified atom stereocenters. The highest BCUT2D eigenvalue weighted by atomic mass is 35.5. The molecule has 1 aromatic heterocycles. The van der Waals surface area contributed by atoms with Crippen molar-refractivity contribution in [2.24, 2.45) is 11.3 Å². The molecule has 0 aliphatic heterocycles. The van der Waals surface area contributed by atoms with Crippen molar-refractivity contribution in [3.63, 3.8) is 0 Å². The van der Waals surface area contributed by atoms with Gasteiger partial charge in [-0.05, 0) is 54.5 Å². The molecule has 0 bridgehead atoms. The van der Waals surface area contributed by atoms with E-state index in [1.807, 2.05) is 75.4 Å². The smallest absolute Gasteiger partial charge is 0.304 e. The molecule has 3 rings (SSSR count). The quantitative estimate of drug-likeness (QED) is 0.382. The van der Waals surface area contributed by atoms with E-state index in [0.717, 1.165) is 17.5 Å². The first-order valence-corrected chi connectivity index (χ1v) is 11.7. The van der Waals surface area contributed by atoms with Crippen LogP contribution in [0.15, 0.2) is 59.1 Å². The Morgan fingerprint density at radius 1 is 1.09 bits per heavy atom. The third kappa shape index (κ3) is 7.15. The van der Waals surface area contributed by atoms with E-state index in [2.05, 4.69) is 15.5 Å². The van der Waals surface area contributed by atoms with Gasteiger partial charge in [-0.25, -0.2) is 0 Å². The van der Waals surface area contributed by atoms with Gasteiger partial charge in [-0.1, -0.05) is 67.9 Å². The predicted octanol–water partition coefficient (Wildman–Crippen LogP) is 5.71. The fraction of sp³-hybridized carbons (Fsp3) is 0.385. The van der Waals surface area contributed by atoms with Crippen LogP contribution in [0.2, 0.25) is 5.02 Å². The van der Waals surface area contributed by atoms with Crippen molar-refractivity contribution in [3.8, 4) is 11.5 Å². The van der Waals surface area contributed by atoms with E-state index in [1.54, 1.807) is 0 Å². The Labute approximate surface area is 204 Å². The van der Waals surface area contributed by atoms with Gasteiger partial charge in [0.25, 0.3) is 5.89 Å². The molecular formula is C26H30ClN3O4. The zero-order valence-corrected chi connectivity index (χ0v) is 20.4. The van der Waals surface area contributed by atoms with Gasteiger partial charge in [0.2, 0.25) is 5.91 Å². The molecule has 0 aliphatic carbocycles. The number of carbonyl (C=O) groups excluding carboxylic acids is 1. The van der Waals surface area contributed by atoms with Crippen molar-refractivity contribution in [1.82, 2.24) is 15.5 Å². The number of carboxylic acid groups (broad SMARTS) is 1. The average Bonchev–Trinajstić information content (AvgIpc) is 3.27. The fourth-order valence-corrected chi connectivity index (χ4v) is 3.84. The van der Waals surface area contributed by atoms with Gasteiger partial charge in [0.15, 0.2) is 5.82 Å².